The number of nitrogens with zero attached hydrogens (tertiary/aromatic N) is 1. The number of phenolic OH excluding ortho intramolecular Hbond substituents is 1. The summed E-state index contributed by atoms with van der Waals surface area (Å²) in [7, 11) is 0. The summed E-state index contributed by atoms with van der Waals surface area (Å²) in [4.78, 5) is 12.3. The maximum absolute atomic E-state index is 12.3. The fourth-order valence-electron chi connectivity index (χ4n) is 3.19. The largest absolute Gasteiger partial charge is 0.508 e. The van der Waals surface area contributed by atoms with Crippen LogP contribution in [0.2, 0.25) is 0 Å². The standard InChI is InChI=1S/C21H20N2O2/c22-13-17(21(25)23-14-15-6-2-1-3-7-15)12-16-10-11-20(24)19-9-5-4-8-18(16)19/h1-3,6-7,10-12,24H,4-5,8-9,14H2,(H,23,25)/b17-12+. The lowest BCUT2D eigenvalue weighted by atomic mass is 9.87. The molecule has 0 spiro atoms. The molecule has 0 aromatic heterocycles. The van der Waals surface area contributed by atoms with Gasteiger partial charge >= 0.3 is 0 Å². The number of hydrogen-bond donors (Lipinski definition) is 2. The van der Waals surface area contributed by atoms with Crippen LogP contribution in [-0.4, -0.2) is 11.0 Å². The Balaban J connectivity index is 1.81. The van der Waals surface area contributed by atoms with E-state index in [-0.39, 0.29) is 11.5 Å². The average Bonchev–Trinajstić information content (AvgIpc) is 2.67. The van der Waals surface area contributed by atoms with E-state index in [9.17, 15) is 15.2 Å². The van der Waals surface area contributed by atoms with Crippen LogP contribution >= 0.6 is 0 Å². The summed E-state index contributed by atoms with van der Waals surface area (Å²) in [6.07, 6.45) is 5.44. The average molecular weight is 332 g/mol. The number of carbonyl (C=O) groups excluding carboxylic acids is 1. The quantitative estimate of drug-likeness (QED) is 0.665. The van der Waals surface area contributed by atoms with Gasteiger partial charge in [-0.15, -0.1) is 0 Å². The Hall–Kier alpha value is -3.06. The van der Waals surface area contributed by atoms with Crippen LogP contribution in [0.5, 0.6) is 5.75 Å². The van der Waals surface area contributed by atoms with Gasteiger partial charge in [0.25, 0.3) is 5.91 Å². The number of rotatable bonds is 4. The molecule has 0 bridgehead atoms. The number of nitrogens with one attached hydrogen (secondary N) is 1. The van der Waals surface area contributed by atoms with E-state index < -0.39 is 0 Å². The topological polar surface area (TPSA) is 73.1 Å². The SMILES string of the molecule is N#C/C(=C\c1ccc(O)c2c1CCCC2)C(=O)NCc1ccccc1. The molecule has 25 heavy (non-hydrogen) atoms. The second-order valence-electron chi connectivity index (χ2n) is 6.18. The monoisotopic (exact) mass is 332 g/mol. The molecule has 0 fully saturated rings. The van der Waals surface area contributed by atoms with Gasteiger partial charge in [0.15, 0.2) is 0 Å². The zero-order valence-corrected chi connectivity index (χ0v) is 14.0. The van der Waals surface area contributed by atoms with Gasteiger partial charge in [-0.05, 0) is 60.1 Å². The number of amides is 1. The highest BCUT2D eigenvalue weighted by atomic mass is 16.3. The Morgan fingerprint density at radius 2 is 1.84 bits per heavy atom. The molecule has 4 heteroatoms. The lowest BCUT2D eigenvalue weighted by Crippen LogP contribution is -2.24. The van der Waals surface area contributed by atoms with Gasteiger partial charge in [0.2, 0.25) is 0 Å². The molecule has 0 atom stereocenters. The Morgan fingerprint density at radius 3 is 2.56 bits per heavy atom. The Bertz CT molecular complexity index is 848. The van der Waals surface area contributed by atoms with Crippen molar-refractivity contribution in [1.29, 1.82) is 5.26 Å². The van der Waals surface area contributed by atoms with Crippen molar-refractivity contribution in [2.45, 2.75) is 32.2 Å². The van der Waals surface area contributed by atoms with E-state index in [1.54, 1.807) is 18.2 Å². The van der Waals surface area contributed by atoms with Crippen LogP contribution in [0.15, 0.2) is 48.0 Å². The molecule has 1 aliphatic carbocycles. The lowest BCUT2D eigenvalue weighted by Gasteiger charge is -2.19. The Labute approximate surface area is 147 Å². The first-order chi connectivity index (χ1) is 12.2. The number of phenols is 1. The zero-order chi connectivity index (χ0) is 17.6. The maximum atomic E-state index is 12.3. The minimum Gasteiger partial charge on any atom is -0.508 e. The van der Waals surface area contributed by atoms with Crippen LogP contribution in [0.4, 0.5) is 0 Å². The van der Waals surface area contributed by atoms with Crippen molar-refractivity contribution in [2.75, 3.05) is 0 Å². The third kappa shape index (κ3) is 3.89. The summed E-state index contributed by atoms with van der Waals surface area (Å²) < 4.78 is 0. The highest BCUT2D eigenvalue weighted by Gasteiger charge is 2.17. The van der Waals surface area contributed by atoms with Crippen LogP contribution in [0.1, 0.15) is 35.1 Å². The number of aromatic hydroxyl groups is 1. The van der Waals surface area contributed by atoms with Gasteiger partial charge in [0.05, 0.1) is 0 Å². The molecular weight excluding hydrogens is 312 g/mol. The summed E-state index contributed by atoms with van der Waals surface area (Å²) in [5.74, 6) is -0.0807. The fraction of sp³-hybridized carbons (Fsp3) is 0.238. The van der Waals surface area contributed by atoms with Crippen LogP contribution in [0.3, 0.4) is 0 Å². The number of benzene rings is 2. The van der Waals surface area contributed by atoms with E-state index in [0.29, 0.717) is 12.3 Å². The van der Waals surface area contributed by atoms with Crippen LogP contribution in [-0.2, 0) is 24.2 Å². The molecule has 1 amide bonds. The molecule has 0 saturated carbocycles. The van der Waals surface area contributed by atoms with Gasteiger partial charge in [-0.1, -0.05) is 36.4 Å². The van der Waals surface area contributed by atoms with Gasteiger partial charge < -0.3 is 10.4 Å². The molecule has 0 saturated heterocycles. The van der Waals surface area contributed by atoms with E-state index in [0.717, 1.165) is 47.9 Å². The third-order valence-corrected chi connectivity index (χ3v) is 4.51. The molecule has 1 aliphatic rings. The van der Waals surface area contributed by atoms with Crippen molar-refractivity contribution >= 4 is 12.0 Å². The van der Waals surface area contributed by atoms with Crippen molar-refractivity contribution in [1.82, 2.24) is 5.32 Å². The summed E-state index contributed by atoms with van der Waals surface area (Å²) in [5, 5.41) is 22.2. The van der Waals surface area contributed by atoms with Crippen molar-refractivity contribution < 1.29 is 9.90 Å². The normalized spacial score (nSPS) is 13.6. The van der Waals surface area contributed by atoms with Crippen molar-refractivity contribution in [3.8, 4) is 11.8 Å². The van der Waals surface area contributed by atoms with Crippen molar-refractivity contribution in [3.05, 3.63) is 70.3 Å². The molecule has 2 aromatic rings. The number of carbonyl (C=O) groups is 1. The smallest absolute Gasteiger partial charge is 0.262 e. The highest BCUT2D eigenvalue weighted by molar-refractivity contribution is 6.01. The summed E-state index contributed by atoms with van der Waals surface area (Å²) in [6, 6.07) is 15.0. The summed E-state index contributed by atoms with van der Waals surface area (Å²) in [6.45, 7) is 0.381. The number of hydrogen-bond acceptors (Lipinski definition) is 3. The first-order valence-electron chi connectivity index (χ1n) is 8.46. The Morgan fingerprint density at radius 1 is 1.12 bits per heavy atom. The van der Waals surface area contributed by atoms with E-state index in [2.05, 4.69) is 5.32 Å². The fourth-order valence-corrected chi connectivity index (χ4v) is 3.19. The van der Waals surface area contributed by atoms with Crippen molar-refractivity contribution in [3.63, 3.8) is 0 Å². The summed E-state index contributed by atoms with van der Waals surface area (Å²) >= 11 is 0. The third-order valence-electron chi connectivity index (χ3n) is 4.51. The molecule has 2 N–H and O–H groups in total. The Kier molecular flexibility index (Phi) is 5.15. The van der Waals surface area contributed by atoms with E-state index in [1.807, 2.05) is 36.4 Å². The summed E-state index contributed by atoms with van der Waals surface area (Å²) in [5.41, 5.74) is 3.90. The molecule has 0 radical (unpaired) electrons. The predicted octanol–water partition coefficient (Wildman–Crippen LogP) is 3.49. The molecule has 0 aliphatic heterocycles. The molecular formula is C21H20N2O2. The molecule has 2 aromatic carbocycles. The van der Waals surface area contributed by atoms with Gasteiger partial charge in [-0.2, -0.15) is 5.26 Å². The molecule has 3 rings (SSSR count). The second kappa shape index (κ2) is 7.67. The van der Waals surface area contributed by atoms with E-state index in [4.69, 9.17) is 0 Å². The van der Waals surface area contributed by atoms with Gasteiger partial charge in [-0.3, -0.25) is 4.79 Å². The van der Waals surface area contributed by atoms with E-state index in [1.165, 1.54) is 0 Å². The van der Waals surface area contributed by atoms with Crippen LogP contribution in [0.25, 0.3) is 6.08 Å². The van der Waals surface area contributed by atoms with Crippen LogP contribution in [0, 0.1) is 11.3 Å². The van der Waals surface area contributed by atoms with Crippen LogP contribution < -0.4 is 5.32 Å². The minimum absolute atomic E-state index is 0.0781. The zero-order valence-electron chi connectivity index (χ0n) is 14.0. The predicted molar refractivity (Wildman–Crippen MR) is 96.6 cm³/mol. The number of nitriles is 1. The lowest BCUT2D eigenvalue weighted by molar-refractivity contribution is -0.117. The van der Waals surface area contributed by atoms with E-state index >= 15 is 0 Å². The highest BCUT2D eigenvalue weighted by Crippen LogP contribution is 2.32. The van der Waals surface area contributed by atoms with Gasteiger partial charge in [-0.25, -0.2) is 0 Å². The number of fused-ring (bicyclic) bond motifs is 1. The molecule has 126 valence electrons. The molecule has 0 heterocycles. The minimum atomic E-state index is -0.385. The molecule has 0 unspecified atom stereocenters. The van der Waals surface area contributed by atoms with Crippen molar-refractivity contribution in [2.24, 2.45) is 0 Å². The first kappa shape index (κ1) is 16.8. The second-order valence-corrected chi connectivity index (χ2v) is 6.18. The van der Waals surface area contributed by atoms with Gasteiger partial charge in [0.1, 0.15) is 17.4 Å². The maximum Gasteiger partial charge on any atom is 0.262 e. The molecule has 4 nitrogen and oxygen atoms in total. The first-order valence-corrected chi connectivity index (χ1v) is 8.46. The van der Waals surface area contributed by atoms with Gasteiger partial charge in [0, 0.05) is 6.54 Å².